The van der Waals surface area contributed by atoms with Gasteiger partial charge in [-0.15, -0.1) is 23.5 Å². The Kier molecular flexibility index (Phi) is 16.0. The fourth-order valence-electron chi connectivity index (χ4n) is 4.42. The molecule has 2 atom stereocenters. The third-order valence-electron chi connectivity index (χ3n) is 6.65. The molecule has 0 heterocycles. The zero-order valence-electron chi connectivity index (χ0n) is 26.7. The second-order valence-corrected chi connectivity index (χ2v) is 15.9. The fourth-order valence-corrected chi connectivity index (χ4v) is 9.47. The summed E-state index contributed by atoms with van der Waals surface area (Å²) >= 11 is 7.71. The maximum absolute atomic E-state index is 12.8. The number of benzene rings is 4. The lowest BCUT2D eigenvalue weighted by molar-refractivity contribution is 0.107. The molecule has 0 spiro atoms. The smallest absolute Gasteiger partial charge is 0.223 e. The van der Waals surface area contributed by atoms with Gasteiger partial charge < -0.3 is 18.9 Å². The first-order valence-electron chi connectivity index (χ1n) is 14.7. The van der Waals surface area contributed by atoms with Crippen LogP contribution in [0.15, 0.2) is 117 Å². The minimum Gasteiger partial charge on any atom is -0.496 e. The summed E-state index contributed by atoms with van der Waals surface area (Å²) in [7, 11) is 6.53. The minimum atomic E-state index is -0.00682. The van der Waals surface area contributed by atoms with Gasteiger partial charge in [-0.25, -0.2) is 0 Å². The molecule has 0 radical (unpaired) electrons. The molecule has 6 nitrogen and oxygen atoms in total. The van der Waals surface area contributed by atoms with Gasteiger partial charge in [-0.2, -0.15) is 0 Å². The van der Waals surface area contributed by atoms with Crippen LogP contribution in [0.3, 0.4) is 0 Å². The number of rotatable bonds is 18. The van der Waals surface area contributed by atoms with Gasteiger partial charge in [0.15, 0.2) is 0 Å². The van der Waals surface area contributed by atoms with Crippen LogP contribution in [-0.4, -0.2) is 73.9 Å². The molecule has 0 aliphatic rings. The quantitative estimate of drug-likeness (QED) is 0.0922. The van der Waals surface area contributed by atoms with E-state index in [1.807, 2.05) is 24.3 Å². The number of para-hydroxylation sites is 2. The van der Waals surface area contributed by atoms with Crippen molar-refractivity contribution in [3.05, 3.63) is 108 Å². The molecule has 0 fully saturated rings. The standard InChI is InChI=1S/C36H38O6S5/c1-39-21-29(23-43-35(37)31-9-5-7-11-33(31)41-3)46-27-17-13-25(14-18-27)45-26-15-19-28(20-16-26)47-30(22-40-2)24-44-36(38)32-10-6-8-12-34(32)42-4/h5-20,29-30H,21-24H2,1-4H3. The molecule has 11 heteroatoms. The molecule has 2 unspecified atom stereocenters. The lowest BCUT2D eigenvalue weighted by atomic mass is 10.2. The van der Waals surface area contributed by atoms with Gasteiger partial charge in [0.1, 0.15) is 11.5 Å². The van der Waals surface area contributed by atoms with Crippen LogP contribution in [0.1, 0.15) is 20.7 Å². The molecule has 0 N–H and O–H groups in total. The minimum absolute atomic E-state index is 0.00682. The Hall–Kier alpha value is -2.51. The third kappa shape index (κ3) is 11.8. The molecule has 4 aromatic carbocycles. The highest BCUT2D eigenvalue weighted by Crippen LogP contribution is 2.35. The summed E-state index contributed by atoms with van der Waals surface area (Å²) < 4.78 is 21.6. The van der Waals surface area contributed by atoms with Crippen LogP contribution in [0.4, 0.5) is 0 Å². The fraction of sp³-hybridized carbons (Fsp3) is 0.278. The first-order chi connectivity index (χ1) is 22.9. The van der Waals surface area contributed by atoms with E-state index in [-0.39, 0.29) is 20.7 Å². The van der Waals surface area contributed by atoms with Gasteiger partial charge in [0.05, 0.1) is 38.6 Å². The summed E-state index contributed by atoms with van der Waals surface area (Å²) in [6.07, 6.45) is 0. The average molecular weight is 727 g/mol. The Bertz CT molecular complexity index is 1450. The van der Waals surface area contributed by atoms with Gasteiger partial charge in [-0.3, -0.25) is 9.59 Å². The maximum atomic E-state index is 12.8. The van der Waals surface area contributed by atoms with Crippen molar-refractivity contribution in [1.82, 2.24) is 0 Å². The predicted octanol–water partition coefficient (Wildman–Crippen LogP) is 9.22. The van der Waals surface area contributed by atoms with Crippen LogP contribution < -0.4 is 9.47 Å². The molecule has 0 saturated heterocycles. The van der Waals surface area contributed by atoms with Crippen LogP contribution >= 0.6 is 58.8 Å². The SMILES string of the molecule is COCC(CSC(=O)c1ccccc1OC)Sc1ccc(Sc2ccc(SC(COC)CSC(=O)c3ccccc3OC)cc2)cc1. The first-order valence-corrected chi connectivity index (χ1v) is 19.3. The van der Waals surface area contributed by atoms with Crippen molar-refractivity contribution in [2.75, 3.05) is 53.2 Å². The summed E-state index contributed by atoms with van der Waals surface area (Å²) in [4.78, 5) is 30.2. The van der Waals surface area contributed by atoms with E-state index < -0.39 is 0 Å². The molecule has 0 aliphatic carbocycles. The summed E-state index contributed by atoms with van der Waals surface area (Å²) in [5, 5.41) is 0.221. The van der Waals surface area contributed by atoms with Gasteiger partial charge in [0.25, 0.3) is 0 Å². The van der Waals surface area contributed by atoms with E-state index in [0.717, 1.165) is 19.6 Å². The molecule has 0 aromatic heterocycles. The van der Waals surface area contributed by atoms with E-state index in [0.29, 0.717) is 47.3 Å². The van der Waals surface area contributed by atoms with Crippen molar-refractivity contribution in [2.24, 2.45) is 0 Å². The number of hydrogen-bond acceptors (Lipinski definition) is 11. The molecule has 4 aromatic rings. The molecule has 47 heavy (non-hydrogen) atoms. The Morgan fingerprint density at radius 1 is 0.532 bits per heavy atom. The Balaban J connectivity index is 1.28. The molecule has 0 bridgehead atoms. The number of methoxy groups -OCH3 is 4. The van der Waals surface area contributed by atoms with Gasteiger partial charge in [0, 0.05) is 55.8 Å². The van der Waals surface area contributed by atoms with E-state index in [2.05, 4.69) is 48.5 Å². The largest absolute Gasteiger partial charge is 0.496 e. The highest BCUT2D eigenvalue weighted by atomic mass is 32.2. The number of carbonyl (C=O) groups is 2. The van der Waals surface area contributed by atoms with E-state index >= 15 is 0 Å². The summed E-state index contributed by atoms with van der Waals surface area (Å²) in [6.45, 7) is 1.08. The summed E-state index contributed by atoms with van der Waals surface area (Å²) in [5.41, 5.74) is 1.17. The van der Waals surface area contributed by atoms with E-state index in [4.69, 9.17) is 18.9 Å². The van der Waals surface area contributed by atoms with Gasteiger partial charge in [-0.05, 0) is 72.8 Å². The molecular weight excluding hydrogens is 689 g/mol. The Labute approximate surface area is 298 Å². The van der Waals surface area contributed by atoms with Crippen molar-refractivity contribution >= 4 is 69.0 Å². The lowest BCUT2D eigenvalue weighted by Crippen LogP contribution is -2.15. The highest BCUT2D eigenvalue weighted by Gasteiger charge is 2.19. The third-order valence-corrected chi connectivity index (χ3v) is 12.5. The lowest BCUT2D eigenvalue weighted by Gasteiger charge is -2.16. The normalized spacial score (nSPS) is 12.3. The van der Waals surface area contributed by atoms with Gasteiger partial charge in [0.2, 0.25) is 10.2 Å². The topological polar surface area (TPSA) is 71.1 Å². The highest BCUT2D eigenvalue weighted by molar-refractivity contribution is 8.15. The monoisotopic (exact) mass is 726 g/mol. The number of hydrogen-bond donors (Lipinski definition) is 0. The van der Waals surface area contributed by atoms with E-state index in [1.54, 1.807) is 88.0 Å². The molecule has 0 aliphatic heterocycles. The molecular formula is C36H38O6S5. The predicted molar refractivity (Wildman–Crippen MR) is 200 cm³/mol. The van der Waals surface area contributed by atoms with Crippen molar-refractivity contribution in [3.63, 3.8) is 0 Å². The van der Waals surface area contributed by atoms with Crippen LogP contribution in [-0.2, 0) is 9.47 Å². The Morgan fingerprint density at radius 2 is 0.894 bits per heavy atom. The second kappa shape index (κ2) is 20.1. The van der Waals surface area contributed by atoms with Crippen molar-refractivity contribution < 1.29 is 28.5 Å². The number of carbonyl (C=O) groups excluding carboxylic acids is 2. The second-order valence-electron chi connectivity index (χ2n) is 10.0. The molecule has 248 valence electrons. The zero-order valence-corrected chi connectivity index (χ0v) is 30.8. The van der Waals surface area contributed by atoms with Crippen LogP contribution in [0, 0.1) is 0 Å². The van der Waals surface area contributed by atoms with Crippen LogP contribution in [0.2, 0.25) is 0 Å². The number of ether oxygens (including phenoxy) is 4. The van der Waals surface area contributed by atoms with Gasteiger partial charge >= 0.3 is 0 Å². The van der Waals surface area contributed by atoms with Crippen molar-refractivity contribution in [1.29, 1.82) is 0 Å². The summed E-state index contributed by atoms with van der Waals surface area (Å²) in [5.74, 6) is 2.42. The Morgan fingerprint density at radius 3 is 1.26 bits per heavy atom. The number of thioether (sulfide) groups is 4. The summed E-state index contributed by atoms with van der Waals surface area (Å²) in [6, 6.07) is 31.6. The van der Waals surface area contributed by atoms with Crippen LogP contribution in [0.5, 0.6) is 11.5 Å². The maximum Gasteiger partial charge on any atom is 0.223 e. The average Bonchev–Trinajstić information content (AvgIpc) is 3.11. The molecule has 0 amide bonds. The van der Waals surface area contributed by atoms with E-state index in [1.165, 1.54) is 23.5 Å². The molecule has 0 saturated carbocycles. The van der Waals surface area contributed by atoms with E-state index in [9.17, 15) is 9.59 Å². The zero-order chi connectivity index (χ0) is 33.4. The van der Waals surface area contributed by atoms with Crippen molar-refractivity contribution in [3.8, 4) is 11.5 Å². The molecule has 4 rings (SSSR count). The van der Waals surface area contributed by atoms with Gasteiger partial charge in [-0.1, -0.05) is 59.6 Å². The van der Waals surface area contributed by atoms with Crippen LogP contribution in [0.25, 0.3) is 0 Å². The first kappa shape index (κ1) is 37.3. The van der Waals surface area contributed by atoms with Crippen molar-refractivity contribution in [2.45, 2.75) is 30.1 Å².